The van der Waals surface area contributed by atoms with Crippen molar-refractivity contribution in [1.29, 1.82) is 10.5 Å². The maximum Gasteiger partial charge on any atom is 0.410 e. The quantitative estimate of drug-likeness (QED) is 0.247. The predicted molar refractivity (Wildman–Crippen MR) is 187 cm³/mol. The smallest absolute Gasteiger partial charge is 0.410 e. The van der Waals surface area contributed by atoms with Gasteiger partial charge in [-0.15, -0.1) is 24.0 Å². The van der Waals surface area contributed by atoms with Gasteiger partial charge < -0.3 is 19.7 Å². The number of amides is 2. The number of halogens is 2. The van der Waals surface area contributed by atoms with Gasteiger partial charge in [0.15, 0.2) is 0 Å². The number of nitriles is 2. The van der Waals surface area contributed by atoms with Gasteiger partial charge in [-0.25, -0.2) is 18.4 Å². The number of hydrogen-bond donors (Lipinski definition) is 2. The maximum atomic E-state index is 14.4. The summed E-state index contributed by atoms with van der Waals surface area (Å²) < 4.78 is 38.1. The first-order chi connectivity index (χ1) is 21.9. The Morgan fingerprint density at radius 3 is 2.02 bits per heavy atom. The minimum absolute atomic E-state index is 0.325. The van der Waals surface area contributed by atoms with Gasteiger partial charge in [-0.1, -0.05) is 19.9 Å². The van der Waals surface area contributed by atoms with Crippen molar-refractivity contribution in [3.8, 4) is 12.1 Å². The van der Waals surface area contributed by atoms with Gasteiger partial charge in [-0.3, -0.25) is 0 Å². The van der Waals surface area contributed by atoms with E-state index in [9.17, 15) is 23.6 Å². The van der Waals surface area contributed by atoms with E-state index in [-0.39, 0.29) is 29.4 Å². The first kappa shape index (κ1) is 40.9. The largest absolute Gasteiger partial charge is 0.444 e. The average Bonchev–Trinajstić information content (AvgIpc) is 3.47. The summed E-state index contributed by atoms with van der Waals surface area (Å²) in [4.78, 5) is 24.9. The lowest BCUT2D eigenvalue weighted by atomic mass is 9.99. The van der Waals surface area contributed by atoms with Crippen molar-refractivity contribution >= 4 is 51.8 Å². The third-order valence-electron chi connectivity index (χ3n) is 6.03. The number of fused-ring (bicyclic) bond motifs is 1. The second-order valence-electron chi connectivity index (χ2n) is 11.9. The molecule has 2 heterocycles. The van der Waals surface area contributed by atoms with Crippen LogP contribution in [-0.2, 0) is 9.47 Å². The van der Waals surface area contributed by atoms with Crippen LogP contribution in [0.5, 0.6) is 0 Å². The Balaban J connectivity index is 0.000000415. The standard InChI is InChI=1S/C19H19FN2O2S.C8H6FNS.C6H13NO2.C2H6/c1-19(2,3)24-18(23)22-8-4-5-13(10-22)14-11-25-17-12(9-21)6-7-15(20)16(14)17;1-5-7(9)3-2-6(4-10)8(5)11;1-6(2,3)9-5(8)7-4;1-2/h5-7,11H,4,8,10H2,1-3H3;2-3,11H,1H3;1-4H3,(H,7,8);1-2H3. The first-order valence-electron chi connectivity index (χ1n) is 15.0. The van der Waals surface area contributed by atoms with Crippen molar-refractivity contribution in [2.24, 2.45) is 0 Å². The third kappa shape index (κ3) is 12.5. The summed E-state index contributed by atoms with van der Waals surface area (Å²) in [7, 11) is 1.54. The van der Waals surface area contributed by atoms with Gasteiger partial charge in [0.05, 0.1) is 15.8 Å². The van der Waals surface area contributed by atoms with E-state index < -0.39 is 5.60 Å². The molecule has 3 aromatic rings. The van der Waals surface area contributed by atoms with Gasteiger partial charge in [0.25, 0.3) is 0 Å². The number of thiol groups is 1. The van der Waals surface area contributed by atoms with E-state index in [2.05, 4.69) is 24.0 Å². The van der Waals surface area contributed by atoms with Crippen molar-refractivity contribution in [3.05, 3.63) is 69.6 Å². The molecule has 0 saturated carbocycles. The molecule has 47 heavy (non-hydrogen) atoms. The molecule has 0 bridgehead atoms. The van der Waals surface area contributed by atoms with E-state index in [1.807, 2.05) is 72.9 Å². The third-order valence-corrected chi connectivity index (χ3v) is 7.62. The number of thiophene rings is 1. The van der Waals surface area contributed by atoms with E-state index in [0.29, 0.717) is 51.2 Å². The molecule has 1 aromatic heterocycles. The van der Waals surface area contributed by atoms with Gasteiger partial charge in [0.1, 0.15) is 35.0 Å². The normalized spacial score (nSPS) is 12.3. The number of benzene rings is 2. The van der Waals surface area contributed by atoms with Crippen molar-refractivity contribution < 1.29 is 27.8 Å². The molecule has 254 valence electrons. The highest BCUT2D eigenvalue weighted by Crippen LogP contribution is 2.36. The molecule has 4 rings (SSSR count). The molecule has 12 heteroatoms. The molecule has 1 aliphatic rings. The molecule has 0 aliphatic carbocycles. The van der Waals surface area contributed by atoms with Crippen LogP contribution in [0.3, 0.4) is 0 Å². The molecule has 0 fully saturated rings. The van der Waals surface area contributed by atoms with Gasteiger partial charge in [-0.2, -0.15) is 10.5 Å². The number of carbonyl (C=O) groups excluding carboxylic acids is 2. The second kappa shape index (κ2) is 18.3. The molecular formula is C35H44F2N4O4S2. The lowest BCUT2D eigenvalue weighted by molar-refractivity contribution is 0.0272. The van der Waals surface area contributed by atoms with E-state index in [1.54, 1.807) is 11.8 Å². The van der Waals surface area contributed by atoms with Crippen LogP contribution in [-0.4, -0.2) is 48.4 Å². The number of hydrogen-bond acceptors (Lipinski definition) is 8. The van der Waals surface area contributed by atoms with E-state index in [4.69, 9.17) is 14.7 Å². The molecule has 8 nitrogen and oxygen atoms in total. The molecule has 0 radical (unpaired) electrons. The van der Waals surface area contributed by atoms with Crippen molar-refractivity contribution in [3.63, 3.8) is 0 Å². The lowest BCUT2D eigenvalue weighted by Gasteiger charge is -2.30. The summed E-state index contributed by atoms with van der Waals surface area (Å²) in [5.74, 6) is -0.672. The topological polar surface area (TPSA) is 115 Å². The van der Waals surface area contributed by atoms with E-state index in [1.165, 1.54) is 42.6 Å². The molecule has 1 aliphatic heterocycles. The molecule has 0 spiro atoms. The van der Waals surface area contributed by atoms with Crippen LogP contribution in [0.25, 0.3) is 15.7 Å². The predicted octanol–water partition coefficient (Wildman–Crippen LogP) is 9.40. The SMILES string of the molecule is CC.CC(C)(C)OC(=O)N1CCC=C(c2csc3c(C#N)ccc(F)c23)C1.CNC(=O)OC(C)(C)C.Cc1c(F)ccc(C#N)c1S. The van der Waals surface area contributed by atoms with Crippen LogP contribution in [0.15, 0.2) is 40.6 Å². The molecular weight excluding hydrogens is 643 g/mol. The zero-order chi connectivity index (χ0) is 36.1. The molecule has 2 aromatic carbocycles. The second-order valence-corrected chi connectivity index (χ2v) is 13.2. The highest BCUT2D eigenvalue weighted by molar-refractivity contribution is 7.80. The highest BCUT2D eigenvalue weighted by Gasteiger charge is 2.26. The highest BCUT2D eigenvalue weighted by atomic mass is 32.1. The first-order valence-corrected chi connectivity index (χ1v) is 16.3. The van der Waals surface area contributed by atoms with Crippen molar-refractivity contribution in [2.75, 3.05) is 20.1 Å². The summed E-state index contributed by atoms with van der Waals surface area (Å²) in [6, 6.07) is 9.54. The zero-order valence-corrected chi connectivity index (χ0v) is 30.4. The fourth-order valence-electron chi connectivity index (χ4n) is 3.95. The molecule has 1 N–H and O–H groups in total. The maximum absolute atomic E-state index is 14.4. The number of alkyl carbamates (subject to hydrolysis) is 1. The summed E-state index contributed by atoms with van der Waals surface area (Å²) in [6.45, 7) is 17.5. The fourth-order valence-corrected chi connectivity index (χ4v) is 5.25. The number of rotatable bonds is 1. The van der Waals surface area contributed by atoms with Gasteiger partial charge in [0, 0.05) is 36.0 Å². The summed E-state index contributed by atoms with van der Waals surface area (Å²) in [5.41, 5.74) is 1.99. The van der Waals surface area contributed by atoms with Crippen LogP contribution in [0, 0.1) is 41.2 Å². The summed E-state index contributed by atoms with van der Waals surface area (Å²) in [6.07, 6.45) is 1.96. The number of ether oxygens (including phenoxy) is 2. The monoisotopic (exact) mass is 686 g/mol. The van der Waals surface area contributed by atoms with Gasteiger partial charge in [-0.05, 0) is 95.7 Å². The molecule has 0 atom stereocenters. The number of nitrogens with one attached hydrogen (secondary N) is 1. The van der Waals surface area contributed by atoms with Crippen LogP contribution in [0.1, 0.15) is 84.1 Å². The Kier molecular flexibility index (Phi) is 15.9. The Morgan fingerprint density at radius 1 is 0.957 bits per heavy atom. The van der Waals surface area contributed by atoms with Crippen LogP contribution in [0.4, 0.5) is 18.4 Å². The minimum Gasteiger partial charge on any atom is -0.444 e. The zero-order valence-electron chi connectivity index (χ0n) is 28.7. The van der Waals surface area contributed by atoms with Crippen LogP contribution >= 0.6 is 24.0 Å². The summed E-state index contributed by atoms with van der Waals surface area (Å²) in [5, 5.41) is 22.4. The van der Waals surface area contributed by atoms with Crippen molar-refractivity contribution in [1.82, 2.24) is 10.2 Å². The van der Waals surface area contributed by atoms with E-state index >= 15 is 0 Å². The van der Waals surface area contributed by atoms with E-state index in [0.717, 1.165) is 11.1 Å². The Morgan fingerprint density at radius 2 is 1.51 bits per heavy atom. The Bertz CT molecular complexity index is 1660. The van der Waals surface area contributed by atoms with Gasteiger partial charge in [0.2, 0.25) is 0 Å². The summed E-state index contributed by atoms with van der Waals surface area (Å²) >= 11 is 5.35. The number of carbonyl (C=O) groups is 2. The van der Waals surface area contributed by atoms with Crippen LogP contribution < -0.4 is 5.32 Å². The van der Waals surface area contributed by atoms with Crippen molar-refractivity contribution in [2.45, 2.75) is 84.8 Å². The van der Waals surface area contributed by atoms with Crippen LogP contribution in [0.2, 0.25) is 0 Å². The Labute approximate surface area is 286 Å². The molecule has 0 unspecified atom stereocenters. The fraction of sp³-hybridized carbons (Fsp3) is 0.429. The number of nitrogens with zero attached hydrogens (tertiary/aromatic N) is 3. The Hall–Kier alpha value is -4.13. The molecule has 0 saturated heterocycles. The molecule has 2 amide bonds. The van der Waals surface area contributed by atoms with Gasteiger partial charge >= 0.3 is 12.2 Å². The average molecular weight is 687 g/mol. The minimum atomic E-state index is -0.554. The lowest BCUT2D eigenvalue weighted by Crippen LogP contribution is -2.39.